The predicted octanol–water partition coefficient (Wildman–Crippen LogP) is 1.61. The van der Waals surface area contributed by atoms with Crippen LogP contribution in [0.5, 0.6) is 0 Å². The molecule has 3 rings (SSSR count). The monoisotopic (exact) mass is 231 g/mol. The third-order valence-corrected chi connectivity index (χ3v) is 2.65. The molecule has 1 atom stereocenters. The highest BCUT2D eigenvalue weighted by Gasteiger charge is 2.17. The molecule has 80 valence electrons. The second kappa shape index (κ2) is 3.70. The lowest BCUT2D eigenvalue weighted by Gasteiger charge is -1.97. The molecule has 0 saturated carbocycles. The zero-order chi connectivity index (χ0) is 11.0. The van der Waals surface area contributed by atoms with E-state index in [4.69, 9.17) is 16.6 Å². The molecule has 0 aliphatic carbocycles. The van der Waals surface area contributed by atoms with E-state index in [2.05, 4.69) is 15.8 Å². The summed E-state index contributed by atoms with van der Waals surface area (Å²) in [7, 11) is 0. The Kier molecular flexibility index (Phi) is 2.19. The number of nitrogens with one attached hydrogen (secondary N) is 2. The topological polar surface area (TPSA) is 49.6 Å². The highest BCUT2D eigenvalue weighted by Crippen LogP contribution is 2.19. The van der Waals surface area contributed by atoms with Gasteiger partial charge in [-0.2, -0.15) is 0 Å². The molecule has 1 aliphatic heterocycles. The van der Waals surface area contributed by atoms with E-state index in [0.717, 1.165) is 11.0 Å². The third kappa shape index (κ3) is 1.50. The van der Waals surface area contributed by atoms with E-state index in [1.54, 1.807) is 5.37 Å². The van der Waals surface area contributed by atoms with Gasteiger partial charge in [-0.25, -0.2) is 10.4 Å². The minimum Gasteiger partial charge on any atom is -0.453 e. The number of amidine groups is 1. The van der Waals surface area contributed by atoms with Crippen molar-refractivity contribution in [1.82, 2.24) is 10.9 Å². The van der Waals surface area contributed by atoms with E-state index < -0.39 is 0 Å². The van der Waals surface area contributed by atoms with Crippen LogP contribution in [0.3, 0.4) is 0 Å². The molecule has 0 radical (unpaired) electrons. The van der Waals surface area contributed by atoms with Crippen molar-refractivity contribution in [2.75, 3.05) is 0 Å². The van der Waals surface area contributed by atoms with Crippen LogP contribution in [0.4, 0.5) is 0 Å². The molecule has 2 heterocycles. The van der Waals surface area contributed by atoms with Crippen molar-refractivity contribution in [1.29, 1.82) is 0 Å². The van der Waals surface area contributed by atoms with Crippen molar-refractivity contribution in [3.63, 3.8) is 0 Å². The van der Waals surface area contributed by atoms with Gasteiger partial charge >= 0.3 is 0 Å². The first-order valence-electron chi connectivity index (χ1n) is 4.90. The summed E-state index contributed by atoms with van der Waals surface area (Å²) >= 11 is 4.81. The van der Waals surface area contributed by atoms with Crippen molar-refractivity contribution in [3.8, 4) is 0 Å². The third-order valence-electron chi connectivity index (χ3n) is 2.39. The molecule has 0 bridgehead atoms. The first-order chi connectivity index (χ1) is 7.86. The van der Waals surface area contributed by atoms with Crippen molar-refractivity contribution in [2.24, 2.45) is 4.99 Å². The van der Waals surface area contributed by atoms with Crippen LogP contribution in [0, 0.1) is 0 Å². The number of fused-ring (bicyclic) bond motifs is 1. The Morgan fingerprint density at radius 1 is 1.38 bits per heavy atom. The van der Waals surface area contributed by atoms with Gasteiger partial charge in [0.05, 0.1) is 0 Å². The van der Waals surface area contributed by atoms with Gasteiger partial charge in [0.2, 0.25) is 0 Å². The van der Waals surface area contributed by atoms with Gasteiger partial charge in [0.25, 0.3) is 0 Å². The molecule has 1 aliphatic rings. The number of nitrogens with zero attached hydrogens (tertiary/aromatic N) is 1. The Morgan fingerprint density at radius 2 is 2.25 bits per heavy atom. The molecule has 16 heavy (non-hydrogen) atoms. The smallest absolute Gasteiger partial charge is 0.181 e. The Hall–Kier alpha value is -1.72. The highest BCUT2D eigenvalue weighted by molar-refractivity contribution is 7.79. The van der Waals surface area contributed by atoms with Gasteiger partial charge < -0.3 is 9.84 Å². The van der Waals surface area contributed by atoms with Crippen molar-refractivity contribution in [3.05, 3.63) is 36.1 Å². The lowest BCUT2D eigenvalue weighted by molar-refractivity contribution is 0.597. The molecule has 0 fully saturated rings. The summed E-state index contributed by atoms with van der Waals surface area (Å²) in [6.07, 6.45) is -0.168. The number of hydrazine groups is 1. The van der Waals surface area contributed by atoms with E-state index in [-0.39, 0.29) is 6.17 Å². The minimum absolute atomic E-state index is 0.168. The van der Waals surface area contributed by atoms with E-state index in [0.29, 0.717) is 11.6 Å². The first kappa shape index (κ1) is 9.50. The van der Waals surface area contributed by atoms with Gasteiger partial charge in [-0.05, 0) is 12.1 Å². The summed E-state index contributed by atoms with van der Waals surface area (Å²) in [6, 6.07) is 9.80. The number of para-hydroxylation sites is 1. The predicted molar refractivity (Wildman–Crippen MR) is 66.5 cm³/mol. The SMILES string of the molecule is S=CC1N=C(c2cc3ccccc3o2)NN1. The first-order valence-corrected chi connectivity index (χ1v) is 5.37. The van der Waals surface area contributed by atoms with Crippen LogP contribution in [-0.4, -0.2) is 17.4 Å². The Bertz CT molecular complexity index is 542. The molecule has 1 aromatic carbocycles. The summed E-state index contributed by atoms with van der Waals surface area (Å²) in [5.41, 5.74) is 6.72. The Morgan fingerprint density at radius 3 is 3.00 bits per heavy atom. The lowest BCUT2D eigenvalue weighted by Crippen LogP contribution is -2.35. The highest BCUT2D eigenvalue weighted by atomic mass is 32.1. The maximum absolute atomic E-state index is 5.66. The Labute approximate surface area is 97.3 Å². The number of hydrogen-bond donors (Lipinski definition) is 2. The average Bonchev–Trinajstić information content (AvgIpc) is 2.95. The summed E-state index contributed by atoms with van der Waals surface area (Å²) in [5.74, 6) is 1.40. The van der Waals surface area contributed by atoms with Gasteiger partial charge in [-0.3, -0.25) is 0 Å². The molecule has 5 heteroatoms. The molecule has 2 aromatic rings. The maximum atomic E-state index is 5.66. The van der Waals surface area contributed by atoms with Crippen molar-refractivity contribution >= 4 is 34.4 Å². The largest absolute Gasteiger partial charge is 0.453 e. The van der Waals surface area contributed by atoms with E-state index in [1.807, 2.05) is 30.3 Å². The van der Waals surface area contributed by atoms with Crippen LogP contribution in [0.1, 0.15) is 5.76 Å². The van der Waals surface area contributed by atoms with Crippen LogP contribution in [0.2, 0.25) is 0 Å². The quantitative estimate of drug-likeness (QED) is 0.771. The second-order valence-corrected chi connectivity index (χ2v) is 3.75. The van der Waals surface area contributed by atoms with Gasteiger partial charge in [0.15, 0.2) is 11.6 Å². The lowest BCUT2D eigenvalue weighted by atomic mass is 10.2. The van der Waals surface area contributed by atoms with Crippen LogP contribution >= 0.6 is 12.2 Å². The molecule has 2 N–H and O–H groups in total. The van der Waals surface area contributed by atoms with E-state index >= 15 is 0 Å². The molecule has 4 nitrogen and oxygen atoms in total. The molecule has 0 saturated heterocycles. The zero-order valence-corrected chi connectivity index (χ0v) is 9.12. The van der Waals surface area contributed by atoms with Crippen molar-refractivity contribution in [2.45, 2.75) is 6.17 Å². The van der Waals surface area contributed by atoms with E-state index in [1.165, 1.54) is 0 Å². The normalized spacial score (nSPS) is 19.5. The summed E-state index contributed by atoms with van der Waals surface area (Å²) in [6.45, 7) is 0. The maximum Gasteiger partial charge on any atom is 0.181 e. The number of thiocarbonyl (C=S) groups is 1. The summed E-state index contributed by atoms with van der Waals surface area (Å²) in [5, 5.41) is 2.62. The fourth-order valence-electron chi connectivity index (χ4n) is 1.63. The van der Waals surface area contributed by atoms with Crippen LogP contribution in [0.25, 0.3) is 11.0 Å². The molecular weight excluding hydrogens is 222 g/mol. The minimum atomic E-state index is -0.168. The van der Waals surface area contributed by atoms with Gasteiger partial charge in [-0.1, -0.05) is 30.4 Å². The summed E-state index contributed by atoms with van der Waals surface area (Å²) in [4.78, 5) is 4.31. The average molecular weight is 231 g/mol. The van der Waals surface area contributed by atoms with Crippen LogP contribution in [-0.2, 0) is 0 Å². The van der Waals surface area contributed by atoms with Crippen molar-refractivity contribution < 1.29 is 4.42 Å². The van der Waals surface area contributed by atoms with Gasteiger partial charge in [0, 0.05) is 10.8 Å². The van der Waals surface area contributed by atoms with Crippen LogP contribution < -0.4 is 10.9 Å². The molecular formula is C11H9N3OS. The number of aliphatic imine (C=N–C) groups is 1. The van der Waals surface area contributed by atoms with Gasteiger partial charge in [0.1, 0.15) is 11.7 Å². The molecule has 0 amide bonds. The summed E-state index contributed by atoms with van der Waals surface area (Å²) < 4.78 is 5.66. The van der Waals surface area contributed by atoms with Crippen LogP contribution in [0.15, 0.2) is 39.7 Å². The zero-order valence-electron chi connectivity index (χ0n) is 8.31. The number of rotatable bonds is 2. The second-order valence-electron chi connectivity index (χ2n) is 3.48. The number of hydrogen-bond acceptors (Lipinski definition) is 5. The fourth-order valence-corrected chi connectivity index (χ4v) is 1.76. The van der Waals surface area contributed by atoms with Gasteiger partial charge in [-0.15, -0.1) is 0 Å². The standard InChI is InChI=1S/C11H9N3OS/c16-6-10-12-11(14-13-10)9-5-7-3-1-2-4-8(7)15-9/h1-6,10,13H,(H,12,14). The molecule has 1 aromatic heterocycles. The number of benzene rings is 1. The number of furan rings is 1. The molecule has 1 unspecified atom stereocenters. The van der Waals surface area contributed by atoms with E-state index in [9.17, 15) is 0 Å². The Balaban J connectivity index is 2.03. The molecule has 0 spiro atoms. The fraction of sp³-hybridized carbons (Fsp3) is 0.0909.